The van der Waals surface area contributed by atoms with Crippen molar-refractivity contribution in [2.24, 2.45) is 5.92 Å². The molecule has 3 N–H and O–H groups in total. The molecule has 0 aromatic carbocycles. The molecule has 0 aromatic heterocycles. The van der Waals surface area contributed by atoms with Crippen LogP contribution in [0.4, 0.5) is 4.79 Å². The van der Waals surface area contributed by atoms with Crippen LogP contribution < -0.4 is 16.0 Å². The van der Waals surface area contributed by atoms with Crippen molar-refractivity contribution in [1.82, 2.24) is 16.0 Å². The SMILES string of the molecule is C[C@H](NC(=O)OC(C)(C)C)C(=O)N[C@H](C#N)C[C@@H]1CCNC1=O. The summed E-state index contributed by atoms with van der Waals surface area (Å²) in [5.41, 5.74) is -0.661. The third-order valence-electron chi connectivity index (χ3n) is 3.28. The first-order valence-electron chi connectivity index (χ1n) is 7.59. The molecular weight excluding hydrogens is 300 g/mol. The number of alkyl carbamates (subject to hydrolysis) is 1. The Kier molecular flexibility index (Phi) is 6.37. The average Bonchev–Trinajstić information content (AvgIpc) is 2.80. The van der Waals surface area contributed by atoms with Crippen molar-refractivity contribution in [3.8, 4) is 6.07 Å². The lowest BCUT2D eigenvalue weighted by molar-refractivity contribution is -0.125. The minimum Gasteiger partial charge on any atom is -0.444 e. The molecule has 0 aromatic rings. The topological polar surface area (TPSA) is 120 Å². The Balaban J connectivity index is 2.47. The summed E-state index contributed by atoms with van der Waals surface area (Å²) in [6.45, 7) is 7.24. The molecule has 0 bridgehead atoms. The molecule has 1 saturated heterocycles. The maximum atomic E-state index is 12.0. The van der Waals surface area contributed by atoms with E-state index in [-0.39, 0.29) is 18.2 Å². The van der Waals surface area contributed by atoms with E-state index in [9.17, 15) is 14.4 Å². The lowest BCUT2D eigenvalue weighted by Gasteiger charge is -2.22. The summed E-state index contributed by atoms with van der Waals surface area (Å²) in [5, 5.41) is 16.8. The van der Waals surface area contributed by atoms with E-state index in [4.69, 9.17) is 10.00 Å². The number of amides is 3. The lowest BCUT2D eigenvalue weighted by Crippen LogP contribution is -2.49. The third-order valence-corrected chi connectivity index (χ3v) is 3.28. The molecule has 23 heavy (non-hydrogen) atoms. The summed E-state index contributed by atoms with van der Waals surface area (Å²) in [5.74, 6) is -0.866. The van der Waals surface area contributed by atoms with Gasteiger partial charge >= 0.3 is 6.09 Å². The van der Waals surface area contributed by atoms with Crippen LogP contribution in [-0.4, -0.2) is 42.1 Å². The number of carbonyl (C=O) groups excluding carboxylic acids is 3. The highest BCUT2D eigenvalue weighted by atomic mass is 16.6. The summed E-state index contributed by atoms with van der Waals surface area (Å²) in [6.07, 6.45) is 0.204. The van der Waals surface area contributed by atoms with Crippen LogP contribution in [0.3, 0.4) is 0 Å². The molecule has 1 fully saturated rings. The maximum absolute atomic E-state index is 12.0. The van der Waals surface area contributed by atoms with E-state index >= 15 is 0 Å². The first-order valence-corrected chi connectivity index (χ1v) is 7.59. The van der Waals surface area contributed by atoms with E-state index in [0.29, 0.717) is 13.0 Å². The minimum atomic E-state index is -0.849. The number of hydrogen-bond acceptors (Lipinski definition) is 5. The molecule has 0 spiro atoms. The molecule has 0 saturated carbocycles. The number of hydrogen-bond donors (Lipinski definition) is 3. The molecule has 8 heteroatoms. The van der Waals surface area contributed by atoms with Gasteiger partial charge < -0.3 is 20.7 Å². The summed E-state index contributed by atoms with van der Waals surface area (Å²) in [6, 6.07) is 0.343. The van der Waals surface area contributed by atoms with Gasteiger partial charge in [0.25, 0.3) is 0 Å². The number of ether oxygens (including phenoxy) is 1. The minimum absolute atomic E-state index is 0.0978. The Morgan fingerprint density at radius 1 is 1.43 bits per heavy atom. The number of nitrogens with zero attached hydrogens (tertiary/aromatic N) is 1. The molecule has 128 valence electrons. The predicted molar refractivity (Wildman–Crippen MR) is 82.1 cm³/mol. The fraction of sp³-hybridized carbons (Fsp3) is 0.733. The predicted octanol–water partition coefficient (Wildman–Crippen LogP) is 0.434. The molecule has 0 radical (unpaired) electrons. The van der Waals surface area contributed by atoms with Crippen LogP contribution >= 0.6 is 0 Å². The molecule has 3 amide bonds. The number of rotatable bonds is 5. The van der Waals surface area contributed by atoms with Gasteiger partial charge in [0.2, 0.25) is 11.8 Å². The van der Waals surface area contributed by atoms with E-state index in [1.165, 1.54) is 6.92 Å². The fourth-order valence-corrected chi connectivity index (χ4v) is 2.14. The van der Waals surface area contributed by atoms with Crippen molar-refractivity contribution in [2.75, 3.05) is 6.54 Å². The molecule has 1 aliphatic heterocycles. The van der Waals surface area contributed by atoms with Gasteiger partial charge in [0.15, 0.2) is 0 Å². The van der Waals surface area contributed by atoms with Crippen molar-refractivity contribution >= 4 is 17.9 Å². The Labute approximate surface area is 135 Å². The zero-order valence-electron chi connectivity index (χ0n) is 13.9. The third kappa shape index (κ3) is 6.55. The van der Waals surface area contributed by atoms with Crippen molar-refractivity contribution in [3.63, 3.8) is 0 Å². The van der Waals surface area contributed by atoms with E-state index in [1.54, 1.807) is 20.8 Å². The van der Waals surface area contributed by atoms with Gasteiger partial charge in [-0.2, -0.15) is 5.26 Å². The Morgan fingerprint density at radius 2 is 2.09 bits per heavy atom. The van der Waals surface area contributed by atoms with E-state index in [0.717, 1.165) is 0 Å². The first kappa shape index (κ1) is 18.7. The fourth-order valence-electron chi connectivity index (χ4n) is 2.14. The van der Waals surface area contributed by atoms with Crippen LogP contribution in [-0.2, 0) is 14.3 Å². The Hall–Kier alpha value is -2.30. The van der Waals surface area contributed by atoms with E-state index in [2.05, 4.69) is 16.0 Å². The molecule has 1 aliphatic rings. The zero-order chi connectivity index (χ0) is 17.6. The average molecular weight is 324 g/mol. The van der Waals surface area contributed by atoms with Crippen LogP contribution in [0, 0.1) is 17.2 Å². The van der Waals surface area contributed by atoms with Crippen molar-refractivity contribution in [3.05, 3.63) is 0 Å². The van der Waals surface area contributed by atoms with Crippen LogP contribution in [0.2, 0.25) is 0 Å². The second-order valence-electron chi connectivity index (χ2n) is 6.57. The van der Waals surface area contributed by atoms with Gasteiger partial charge in [-0.1, -0.05) is 0 Å². The molecule has 1 rings (SSSR count). The zero-order valence-corrected chi connectivity index (χ0v) is 13.9. The Morgan fingerprint density at radius 3 is 2.57 bits per heavy atom. The monoisotopic (exact) mass is 324 g/mol. The highest BCUT2D eigenvalue weighted by Crippen LogP contribution is 2.16. The van der Waals surface area contributed by atoms with E-state index in [1.807, 2.05) is 6.07 Å². The molecule has 0 aliphatic carbocycles. The Bertz CT molecular complexity index is 507. The normalized spacial score (nSPS) is 20.0. The lowest BCUT2D eigenvalue weighted by atomic mass is 9.99. The van der Waals surface area contributed by atoms with Gasteiger partial charge in [-0.05, 0) is 40.5 Å². The molecular formula is C15H24N4O4. The molecule has 3 atom stereocenters. The van der Waals surface area contributed by atoms with Crippen LogP contribution in [0.1, 0.15) is 40.5 Å². The highest BCUT2D eigenvalue weighted by Gasteiger charge is 2.29. The highest BCUT2D eigenvalue weighted by molar-refractivity contribution is 5.86. The first-order chi connectivity index (χ1) is 10.6. The smallest absolute Gasteiger partial charge is 0.408 e. The quantitative estimate of drug-likeness (QED) is 0.677. The summed E-state index contributed by atoms with van der Waals surface area (Å²) < 4.78 is 5.06. The van der Waals surface area contributed by atoms with Gasteiger partial charge in [0.1, 0.15) is 17.7 Å². The van der Waals surface area contributed by atoms with Gasteiger partial charge in [-0.15, -0.1) is 0 Å². The number of nitriles is 1. The van der Waals surface area contributed by atoms with Crippen LogP contribution in [0.15, 0.2) is 0 Å². The van der Waals surface area contributed by atoms with Crippen LogP contribution in [0.5, 0.6) is 0 Å². The molecule has 0 unspecified atom stereocenters. The summed E-state index contributed by atoms with van der Waals surface area (Å²) in [7, 11) is 0. The molecule has 8 nitrogen and oxygen atoms in total. The van der Waals surface area contributed by atoms with Gasteiger partial charge in [-0.3, -0.25) is 9.59 Å². The van der Waals surface area contributed by atoms with Gasteiger partial charge in [0, 0.05) is 12.5 Å². The second kappa shape index (κ2) is 7.81. The number of carbonyl (C=O) groups is 3. The van der Waals surface area contributed by atoms with Gasteiger partial charge in [-0.25, -0.2) is 4.79 Å². The largest absolute Gasteiger partial charge is 0.444 e. The van der Waals surface area contributed by atoms with Gasteiger partial charge in [0.05, 0.1) is 6.07 Å². The van der Waals surface area contributed by atoms with Crippen molar-refractivity contribution in [2.45, 2.75) is 58.2 Å². The standard InChI is InChI=1S/C15H24N4O4/c1-9(18-14(22)23-15(2,3)4)12(20)19-11(8-16)7-10-5-6-17-13(10)21/h9-11H,5-7H2,1-4H3,(H,17,21)(H,18,22)(H,19,20)/t9-,10-,11-/m0/s1. The number of nitrogens with one attached hydrogen (secondary N) is 3. The summed E-state index contributed by atoms with van der Waals surface area (Å²) >= 11 is 0. The summed E-state index contributed by atoms with van der Waals surface area (Å²) in [4.78, 5) is 35.2. The van der Waals surface area contributed by atoms with Crippen LogP contribution in [0.25, 0.3) is 0 Å². The van der Waals surface area contributed by atoms with Crippen molar-refractivity contribution in [1.29, 1.82) is 5.26 Å². The second-order valence-corrected chi connectivity index (χ2v) is 6.57. The van der Waals surface area contributed by atoms with E-state index < -0.39 is 29.7 Å². The maximum Gasteiger partial charge on any atom is 0.408 e. The molecule has 1 heterocycles. The van der Waals surface area contributed by atoms with Crippen molar-refractivity contribution < 1.29 is 19.1 Å².